The Bertz CT molecular complexity index is 1000. The van der Waals surface area contributed by atoms with Gasteiger partial charge in [0.05, 0.1) is 5.69 Å². The summed E-state index contributed by atoms with van der Waals surface area (Å²) in [5.74, 6) is -0.686. The summed E-state index contributed by atoms with van der Waals surface area (Å²) in [7, 11) is 0. The van der Waals surface area contributed by atoms with E-state index in [1.165, 1.54) is 32.6 Å². The molecule has 8 nitrogen and oxygen atoms in total. The number of aromatic nitrogens is 1. The molecule has 0 aliphatic carbocycles. The first-order valence-electron chi connectivity index (χ1n) is 10.1. The molecule has 2 aromatic rings. The number of rotatable bonds is 10. The fourth-order valence-electron chi connectivity index (χ4n) is 2.98. The number of nitrogens with one attached hydrogen (secondary N) is 2. The van der Waals surface area contributed by atoms with Crippen molar-refractivity contribution in [2.24, 2.45) is 10.2 Å². The number of H-pyrrole nitrogens is 1. The molecule has 1 amide bonds. The smallest absolute Gasteiger partial charge is 0.278 e. The highest BCUT2D eigenvalue weighted by Crippen LogP contribution is 2.24. The highest BCUT2D eigenvalue weighted by atomic mass is 16.3. The monoisotopic (exact) mass is 409 g/mol. The first-order chi connectivity index (χ1) is 14.5. The Hall–Kier alpha value is -3.47. The predicted octanol–water partition coefficient (Wildman–Crippen LogP) is 4.77. The second kappa shape index (κ2) is 11.5. The summed E-state index contributed by atoms with van der Waals surface area (Å²) in [4.78, 5) is 26.5. The van der Waals surface area contributed by atoms with Gasteiger partial charge in [-0.1, -0.05) is 45.1 Å². The average Bonchev–Trinajstić information content (AvgIpc) is 2.73. The summed E-state index contributed by atoms with van der Waals surface area (Å²) in [5.41, 5.74) is 0.295. The molecule has 3 N–H and O–H groups in total. The van der Waals surface area contributed by atoms with Gasteiger partial charge in [0.25, 0.3) is 11.5 Å². The summed E-state index contributed by atoms with van der Waals surface area (Å²) >= 11 is 0. The molecule has 8 heteroatoms. The molecule has 1 aromatic heterocycles. The van der Waals surface area contributed by atoms with Gasteiger partial charge in [-0.25, -0.2) is 0 Å². The Kier molecular flexibility index (Phi) is 8.75. The number of azo groups is 1. The van der Waals surface area contributed by atoms with Crippen LogP contribution in [0.25, 0.3) is 0 Å². The summed E-state index contributed by atoms with van der Waals surface area (Å²) in [6, 6.07) is 8.42. The van der Waals surface area contributed by atoms with E-state index in [1.807, 2.05) is 6.07 Å². The lowest BCUT2D eigenvalue weighted by molar-refractivity contribution is 0.0953. The Morgan fingerprint density at radius 2 is 1.93 bits per heavy atom. The standard InChI is InChI=1S/C22H27N5O3/c1-3-4-5-6-7-8-12-24-20(28)16-10-9-11-17(13-16)26-27-19-15(2)18(14-23)21(29)25-22(19)30/h9-11,13H,3-8,12H2,1-2H3,(H,24,28)(H2,25,29,30). The van der Waals surface area contributed by atoms with E-state index in [0.717, 1.165) is 12.8 Å². The Balaban J connectivity index is 2.02. The number of carbonyl (C=O) groups is 1. The number of aromatic amines is 1. The normalized spacial score (nSPS) is 10.8. The minimum absolute atomic E-state index is 0.0635. The van der Waals surface area contributed by atoms with Crippen LogP contribution in [0.4, 0.5) is 11.4 Å². The van der Waals surface area contributed by atoms with E-state index in [4.69, 9.17) is 5.26 Å². The number of pyridine rings is 1. The lowest BCUT2D eigenvalue weighted by Crippen LogP contribution is -2.24. The van der Waals surface area contributed by atoms with Crippen molar-refractivity contribution < 1.29 is 9.90 Å². The maximum atomic E-state index is 12.3. The zero-order valence-corrected chi connectivity index (χ0v) is 17.4. The second-order valence-corrected chi connectivity index (χ2v) is 7.04. The maximum absolute atomic E-state index is 12.3. The van der Waals surface area contributed by atoms with Crippen molar-refractivity contribution in [1.29, 1.82) is 5.26 Å². The molecule has 0 spiro atoms. The molecule has 1 aromatic carbocycles. The number of unbranched alkanes of at least 4 members (excludes halogenated alkanes) is 5. The zero-order chi connectivity index (χ0) is 21.9. The van der Waals surface area contributed by atoms with Gasteiger partial charge in [-0.05, 0) is 31.5 Å². The van der Waals surface area contributed by atoms with E-state index in [1.54, 1.807) is 24.3 Å². The average molecular weight is 409 g/mol. The quantitative estimate of drug-likeness (QED) is 0.385. The van der Waals surface area contributed by atoms with E-state index >= 15 is 0 Å². The summed E-state index contributed by atoms with van der Waals surface area (Å²) in [6.07, 6.45) is 6.92. The van der Waals surface area contributed by atoms with Crippen molar-refractivity contribution in [2.45, 2.75) is 52.4 Å². The van der Waals surface area contributed by atoms with Crippen LogP contribution in [0.5, 0.6) is 5.88 Å². The zero-order valence-electron chi connectivity index (χ0n) is 17.4. The molecule has 2 rings (SSSR count). The molecule has 0 fully saturated rings. The van der Waals surface area contributed by atoms with Crippen molar-refractivity contribution in [3.8, 4) is 11.9 Å². The SMILES string of the molecule is CCCCCCCCNC(=O)c1cccc(N=Nc2c(C)c(C#N)c(O)[nH]c2=O)c1. The van der Waals surface area contributed by atoms with Crippen LogP contribution in [0.3, 0.4) is 0 Å². The lowest BCUT2D eigenvalue weighted by Gasteiger charge is -2.06. The summed E-state index contributed by atoms with van der Waals surface area (Å²) in [5, 5.41) is 29.6. The number of carbonyl (C=O) groups excluding carboxylic acids is 1. The van der Waals surface area contributed by atoms with Gasteiger partial charge in [0.2, 0.25) is 5.88 Å². The molecule has 0 atom stereocenters. The van der Waals surface area contributed by atoms with E-state index in [0.29, 0.717) is 17.8 Å². The van der Waals surface area contributed by atoms with Crippen molar-refractivity contribution in [2.75, 3.05) is 6.54 Å². The Morgan fingerprint density at radius 3 is 2.67 bits per heavy atom. The molecule has 0 bridgehead atoms. The minimum atomic E-state index is -0.652. The molecule has 0 unspecified atom stereocenters. The Labute approximate surface area is 175 Å². The minimum Gasteiger partial charge on any atom is -0.494 e. The molecule has 0 saturated heterocycles. The first-order valence-corrected chi connectivity index (χ1v) is 10.1. The summed E-state index contributed by atoms with van der Waals surface area (Å²) < 4.78 is 0. The molecule has 158 valence electrons. The molecule has 1 heterocycles. The Morgan fingerprint density at radius 1 is 1.20 bits per heavy atom. The van der Waals surface area contributed by atoms with E-state index < -0.39 is 11.4 Å². The third kappa shape index (κ3) is 6.27. The van der Waals surface area contributed by atoms with E-state index in [2.05, 4.69) is 27.5 Å². The largest absolute Gasteiger partial charge is 0.494 e. The predicted molar refractivity (Wildman–Crippen MR) is 115 cm³/mol. The first kappa shape index (κ1) is 22.8. The van der Waals surface area contributed by atoms with Gasteiger partial charge in [-0.15, -0.1) is 5.11 Å². The fraction of sp³-hybridized carbons (Fsp3) is 0.409. The lowest BCUT2D eigenvalue weighted by atomic mass is 10.1. The number of nitriles is 1. The summed E-state index contributed by atoms with van der Waals surface area (Å²) in [6.45, 7) is 4.31. The van der Waals surface area contributed by atoms with Crippen LogP contribution in [-0.4, -0.2) is 22.5 Å². The third-order valence-corrected chi connectivity index (χ3v) is 4.72. The van der Waals surface area contributed by atoms with Crippen LogP contribution >= 0.6 is 0 Å². The number of aromatic hydroxyl groups is 1. The number of amides is 1. The van der Waals surface area contributed by atoms with Crippen LogP contribution in [0.1, 0.15) is 66.9 Å². The molecule has 30 heavy (non-hydrogen) atoms. The van der Waals surface area contributed by atoms with Crippen LogP contribution in [0, 0.1) is 18.3 Å². The van der Waals surface area contributed by atoms with Gasteiger partial charge in [-0.2, -0.15) is 10.4 Å². The van der Waals surface area contributed by atoms with Crippen LogP contribution in [0.2, 0.25) is 0 Å². The highest BCUT2D eigenvalue weighted by molar-refractivity contribution is 5.94. The molecule has 0 aliphatic heterocycles. The van der Waals surface area contributed by atoms with Crippen molar-refractivity contribution in [3.05, 3.63) is 51.3 Å². The van der Waals surface area contributed by atoms with Crippen molar-refractivity contribution >= 4 is 17.3 Å². The van der Waals surface area contributed by atoms with Crippen LogP contribution in [0.15, 0.2) is 39.3 Å². The van der Waals surface area contributed by atoms with Gasteiger partial charge >= 0.3 is 0 Å². The number of hydrogen-bond acceptors (Lipinski definition) is 6. The molecular weight excluding hydrogens is 382 g/mol. The van der Waals surface area contributed by atoms with Gasteiger partial charge in [0, 0.05) is 17.7 Å². The van der Waals surface area contributed by atoms with E-state index in [9.17, 15) is 14.7 Å². The van der Waals surface area contributed by atoms with Crippen molar-refractivity contribution in [1.82, 2.24) is 10.3 Å². The van der Waals surface area contributed by atoms with Gasteiger partial charge < -0.3 is 10.4 Å². The van der Waals surface area contributed by atoms with Crippen LogP contribution in [-0.2, 0) is 0 Å². The molecule has 0 saturated carbocycles. The number of hydrogen-bond donors (Lipinski definition) is 3. The highest BCUT2D eigenvalue weighted by Gasteiger charge is 2.13. The van der Waals surface area contributed by atoms with Gasteiger partial charge in [0.15, 0.2) is 5.69 Å². The van der Waals surface area contributed by atoms with Gasteiger partial charge in [0.1, 0.15) is 11.6 Å². The molecule has 0 aliphatic rings. The van der Waals surface area contributed by atoms with Crippen molar-refractivity contribution in [3.63, 3.8) is 0 Å². The number of benzene rings is 1. The number of nitrogens with zero attached hydrogens (tertiary/aromatic N) is 3. The third-order valence-electron chi connectivity index (χ3n) is 4.72. The second-order valence-electron chi connectivity index (χ2n) is 7.04. The maximum Gasteiger partial charge on any atom is 0.278 e. The topological polar surface area (TPSA) is 131 Å². The molecular formula is C22H27N5O3. The fourth-order valence-corrected chi connectivity index (χ4v) is 2.98. The van der Waals surface area contributed by atoms with E-state index in [-0.39, 0.29) is 22.7 Å². The van der Waals surface area contributed by atoms with Gasteiger partial charge in [-0.3, -0.25) is 14.6 Å². The molecule has 0 radical (unpaired) electrons. The van der Waals surface area contributed by atoms with Crippen LogP contribution < -0.4 is 10.9 Å².